The summed E-state index contributed by atoms with van der Waals surface area (Å²) in [7, 11) is -4.44. The van der Waals surface area contributed by atoms with Crippen LogP contribution < -0.4 is 5.48 Å². The molecule has 0 atom stereocenters. The Morgan fingerprint density at radius 1 is 1.23 bits per heavy atom. The first kappa shape index (κ1) is 13.1. The van der Waals surface area contributed by atoms with Crippen LogP contribution in [0.3, 0.4) is 0 Å². The van der Waals surface area contributed by atoms with Crippen molar-refractivity contribution in [2.24, 2.45) is 0 Å². The zero-order chi connectivity index (χ0) is 9.03. The van der Waals surface area contributed by atoms with E-state index >= 15 is 0 Å². The first-order valence-electron chi connectivity index (χ1n) is 3.13. The van der Waals surface area contributed by atoms with Crippen molar-refractivity contribution in [3.05, 3.63) is 30.3 Å². The van der Waals surface area contributed by atoms with Crippen LogP contribution in [0, 0.1) is 0 Å². The van der Waals surface area contributed by atoms with Gasteiger partial charge in [0.25, 0.3) is 0 Å². The van der Waals surface area contributed by atoms with E-state index in [-0.39, 0.29) is 29.6 Å². The molecule has 0 unspecified atom stereocenters. The molecule has 7 heteroatoms. The second kappa shape index (κ2) is 5.78. The third kappa shape index (κ3) is 6.23. The molecule has 13 heavy (non-hydrogen) atoms. The van der Waals surface area contributed by atoms with Crippen LogP contribution in [0.15, 0.2) is 30.3 Å². The summed E-state index contributed by atoms with van der Waals surface area (Å²) in [4.78, 5) is 16.6. The standard InChI is InChI=1S/C6H8NO4P.Na.H/c8-12(9,10)11-7-6-4-2-1-3-5-6;;/h1-5,7H,(H2,8,9,10);;. The number of anilines is 1. The van der Waals surface area contributed by atoms with Crippen molar-refractivity contribution >= 4 is 43.1 Å². The molecular weight excluding hydrogens is 204 g/mol. The van der Waals surface area contributed by atoms with Crippen molar-refractivity contribution in [3.8, 4) is 0 Å². The summed E-state index contributed by atoms with van der Waals surface area (Å²) in [5, 5.41) is 0. The average molecular weight is 213 g/mol. The third-order valence-electron chi connectivity index (χ3n) is 1.06. The Labute approximate surface area is 97.6 Å². The number of benzene rings is 1. The second-order valence-corrected chi connectivity index (χ2v) is 3.21. The number of hydrogen-bond donors (Lipinski definition) is 3. The fraction of sp³-hybridized carbons (Fsp3) is 0. The number of para-hydroxylation sites is 1. The van der Waals surface area contributed by atoms with Gasteiger partial charge in [0.15, 0.2) is 0 Å². The quantitative estimate of drug-likeness (QED) is 0.386. The number of phosphoric acid groups is 1. The van der Waals surface area contributed by atoms with Gasteiger partial charge < -0.3 is 9.79 Å². The summed E-state index contributed by atoms with van der Waals surface area (Å²) in [6.07, 6.45) is 0. The Balaban J connectivity index is 0.00000144. The van der Waals surface area contributed by atoms with E-state index in [4.69, 9.17) is 9.79 Å². The van der Waals surface area contributed by atoms with Gasteiger partial charge in [0.05, 0.1) is 5.69 Å². The van der Waals surface area contributed by atoms with E-state index in [1.54, 1.807) is 30.3 Å². The van der Waals surface area contributed by atoms with Crippen LogP contribution >= 0.6 is 7.82 Å². The van der Waals surface area contributed by atoms with Crippen molar-refractivity contribution < 1.29 is 19.0 Å². The summed E-state index contributed by atoms with van der Waals surface area (Å²) < 4.78 is 14.2. The van der Waals surface area contributed by atoms with Crippen molar-refractivity contribution in [2.45, 2.75) is 0 Å². The molecule has 0 saturated heterocycles. The van der Waals surface area contributed by atoms with Crippen molar-refractivity contribution in [3.63, 3.8) is 0 Å². The molecule has 0 radical (unpaired) electrons. The molecule has 0 aliphatic carbocycles. The normalized spacial score (nSPS) is 10.3. The molecule has 68 valence electrons. The van der Waals surface area contributed by atoms with E-state index in [9.17, 15) is 4.57 Å². The molecule has 1 aromatic carbocycles. The zero-order valence-electron chi connectivity index (χ0n) is 6.04. The van der Waals surface area contributed by atoms with E-state index in [1.807, 2.05) is 0 Å². The minimum atomic E-state index is -4.44. The molecule has 0 aliphatic rings. The second-order valence-electron chi connectivity index (χ2n) is 2.05. The number of hydrogen-bond acceptors (Lipinski definition) is 3. The first-order valence-corrected chi connectivity index (χ1v) is 4.66. The van der Waals surface area contributed by atoms with Crippen LogP contribution in [-0.4, -0.2) is 39.3 Å². The SMILES string of the molecule is O=P(O)(O)ONc1ccccc1.[NaH]. The molecular formula is C6H9NNaO4P. The Bertz CT molecular complexity index is 288. The molecule has 0 aliphatic heterocycles. The Hall–Kier alpha value is 0.130. The van der Waals surface area contributed by atoms with Crippen LogP contribution in [0.1, 0.15) is 0 Å². The Morgan fingerprint density at radius 2 is 1.77 bits per heavy atom. The van der Waals surface area contributed by atoms with Gasteiger partial charge in [-0.25, -0.2) is 4.57 Å². The van der Waals surface area contributed by atoms with E-state index in [0.29, 0.717) is 5.69 Å². The summed E-state index contributed by atoms with van der Waals surface area (Å²) in [5.41, 5.74) is 2.61. The third-order valence-corrected chi connectivity index (χ3v) is 1.39. The maximum atomic E-state index is 10.2. The van der Waals surface area contributed by atoms with Crippen LogP contribution in [0.2, 0.25) is 0 Å². The van der Waals surface area contributed by atoms with Gasteiger partial charge in [0.2, 0.25) is 0 Å². The summed E-state index contributed by atoms with van der Waals surface area (Å²) in [6.45, 7) is 0. The number of nitrogens with one attached hydrogen (secondary N) is 1. The zero-order valence-corrected chi connectivity index (χ0v) is 6.94. The predicted molar refractivity (Wildman–Crippen MR) is 50.3 cm³/mol. The average Bonchev–Trinajstić information content (AvgIpc) is 2.02. The van der Waals surface area contributed by atoms with Crippen LogP contribution in [0.5, 0.6) is 0 Å². The molecule has 0 heterocycles. The minimum absolute atomic E-state index is 0. The number of rotatable bonds is 3. The Kier molecular flexibility index (Phi) is 5.83. The molecule has 5 nitrogen and oxygen atoms in total. The fourth-order valence-electron chi connectivity index (χ4n) is 0.618. The van der Waals surface area contributed by atoms with Gasteiger partial charge in [-0.3, -0.25) is 5.48 Å². The monoisotopic (exact) mass is 213 g/mol. The summed E-state index contributed by atoms with van der Waals surface area (Å²) in [6, 6.07) is 8.45. The van der Waals surface area contributed by atoms with Crippen molar-refractivity contribution in [2.75, 3.05) is 5.48 Å². The molecule has 0 amide bonds. The predicted octanol–water partition coefficient (Wildman–Crippen LogP) is 0.474. The van der Waals surface area contributed by atoms with Gasteiger partial charge in [0, 0.05) is 0 Å². The molecule has 3 N–H and O–H groups in total. The topological polar surface area (TPSA) is 78.8 Å². The van der Waals surface area contributed by atoms with Crippen LogP contribution in [0.25, 0.3) is 0 Å². The summed E-state index contributed by atoms with van der Waals surface area (Å²) in [5.74, 6) is 0. The maximum absolute atomic E-state index is 10.2. The van der Waals surface area contributed by atoms with Gasteiger partial charge in [-0.1, -0.05) is 18.2 Å². The van der Waals surface area contributed by atoms with E-state index < -0.39 is 7.82 Å². The Morgan fingerprint density at radius 3 is 2.23 bits per heavy atom. The van der Waals surface area contributed by atoms with Crippen LogP contribution in [0.4, 0.5) is 5.69 Å². The van der Waals surface area contributed by atoms with Gasteiger partial charge >= 0.3 is 37.4 Å². The van der Waals surface area contributed by atoms with E-state index in [0.717, 1.165) is 0 Å². The molecule has 0 fully saturated rings. The van der Waals surface area contributed by atoms with Gasteiger partial charge in [0.1, 0.15) is 0 Å². The molecule has 0 bridgehead atoms. The van der Waals surface area contributed by atoms with Crippen LogP contribution in [-0.2, 0) is 9.19 Å². The van der Waals surface area contributed by atoms with E-state index in [2.05, 4.69) is 10.1 Å². The van der Waals surface area contributed by atoms with Crippen molar-refractivity contribution in [1.29, 1.82) is 0 Å². The van der Waals surface area contributed by atoms with Gasteiger partial charge in [-0.05, 0) is 12.1 Å². The summed E-state index contributed by atoms with van der Waals surface area (Å²) >= 11 is 0. The van der Waals surface area contributed by atoms with Gasteiger partial charge in [-0.15, -0.1) is 0 Å². The molecule has 0 saturated carbocycles. The van der Waals surface area contributed by atoms with E-state index in [1.165, 1.54) is 0 Å². The van der Waals surface area contributed by atoms with Gasteiger partial charge in [-0.2, -0.15) is 4.62 Å². The molecule has 0 aromatic heterocycles. The molecule has 1 aromatic rings. The van der Waals surface area contributed by atoms with Crippen molar-refractivity contribution in [1.82, 2.24) is 0 Å². The fourth-order valence-corrected chi connectivity index (χ4v) is 0.843. The molecule has 1 rings (SSSR count). The first-order chi connectivity index (χ1) is 5.58. The molecule has 0 spiro atoms.